The Kier molecular flexibility index (Phi) is 4.04. The molecule has 1 fully saturated rings. The van der Waals surface area contributed by atoms with Gasteiger partial charge in [-0.25, -0.2) is 0 Å². The highest BCUT2D eigenvalue weighted by Crippen LogP contribution is 2.42. The van der Waals surface area contributed by atoms with Crippen LogP contribution in [0.25, 0.3) is 0 Å². The number of aliphatic hydroxyl groups is 3. The molecule has 0 amide bonds. The van der Waals surface area contributed by atoms with E-state index in [4.69, 9.17) is 10.2 Å². The van der Waals surface area contributed by atoms with Crippen molar-refractivity contribution in [1.29, 1.82) is 0 Å². The zero-order chi connectivity index (χ0) is 9.90. The third-order valence-corrected chi connectivity index (χ3v) is 4.02. The topological polar surface area (TPSA) is 60.7 Å². The summed E-state index contributed by atoms with van der Waals surface area (Å²) in [5, 5.41) is 28.4. The van der Waals surface area contributed by atoms with E-state index in [2.05, 4.69) is 6.92 Å². The lowest BCUT2D eigenvalue weighted by Gasteiger charge is -2.27. The van der Waals surface area contributed by atoms with Gasteiger partial charge in [-0.05, 0) is 18.6 Å². The van der Waals surface area contributed by atoms with Gasteiger partial charge < -0.3 is 15.3 Å². The lowest BCUT2D eigenvalue weighted by molar-refractivity contribution is -0.0313. The summed E-state index contributed by atoms with van der Waals surface area (Å²) in [6, 6.07) is 0. The Morgan fingerprint density at radius 2 is 2.00 bits per heavy atom. The van der Waals surface area contributed by atoms with Crippen LogP contribution in [0.4, 0.5) is 0 Å². The van der Waals surface area contributed by atoms with Gasteiger partial charge in [-0.15, -0.1) is 0 Å². The Hall–Kier alpha value is 0.230. The van der Waals surface area contributed by atoms with Gasteiger partial charge in [-0.1, -0.05) is 6.92 Å². The van der Waals surface area contributed by atoms with E-state index in [9.17, 15) is 5.11 Å². The molecule has 0 aromatic rings. The van der Waals surface area contributed by atoms with Crippen LogP contribution >= 0.6 is 11.8 Å². The van der Waals surface area contributed by atoms with Crippen molar-refractivity contribution in [3.05, 3.63) is 0 Å². The number of hydrogen-bond donors (Lipinski definition) is 3. The van der Waals surface area contributed by atoms with Crippen LogP contribution in [-0.2, 0) is 0 Å². The predicted molar refractivity (Wildman–Crippen MR) is 53.8 cm³/mol. The maximum Gasteiger partial charge on any atom is 0.0651 e. The highest BCUT2D eigenvalue weighted by atomic mass is 32.2. The fourth-order valence-electron chi connectivity index (χ4n) is 1.92. The monoisotopic (exact) mass is 206 g/mol. The van der Waals surface area contributed by atoms with Crippen molar-refractivity contribution in [1.82, 2.24) is 0 Å². The molecule has 0 radical (unpaired) electrons. The van der Waals surface area contributed by atoms with E-state index >= 15 is 0 Å². The van der Waals surface area contributed by atoms with Gasteiger partial charge in [-0.2, -0.15) is 11.8 Å². The Labute approximate surface area is 83.2 Å². The van der Waals surface area contributed by atoms with Crippen LogP contribution in [0.3, 0.4) is 0 Å². The fourth-order valence-corrected chi connectivity index (χ4v) is 3.16. The first-order chi connectivity index (χ1) is 6.18. The Balaban J connectivity index is 2.58. The second kappa shape index (κ2) is 4.64. The summed E-state index contributed by atoms with van der Waals surface area (Å²) in [6.45, 7) is 1.84. The Morgan fingerprint density at radius 3 is 2.38 bits per heavy atom. The normalized spacial score (nSPS) is 32.3. The molecule has 3 nitrogen and oxygen atoms in total. The van der Waals surface area contributed by atoms with Gasteiger partial charge in [0.1, 0.15) is 0 Å². The lowest BCUT2D eigenvalue weighted by Crippen LogP contribution is -2.37. The molecule has 78 valence electrons. The third kappa shape index (κ3) is 2.18. The maximum atomic E-state index is 9.70. The molecule has 0 aliphatic heterocycles. The summed E-state index contributed by atoms with van der Waals surface area (Å²) >= 11 is 1.79. The van der Waals surface area contributed by atoms with Gasteiger partial charge in [0.2, 0.25) is 0 Å². The molecule has 0 bridgehead atoms. The van der Waals surface area contributed by atoms with E-state index < -0.39 is 11.5 Å². The van der Waals surface area contributed by atoms with Gasteiger partial charge >= 0.3 is 0 Å². The smallest absolute Gasteiger partial charge is 0.0651 e. The van der Waals surface area contributed by atoms with E-state index in [1.807, 2.05) is 0 Å². The predicted octanol–water partition coefficient (Wildman–Crippen LogP) is 0.234. The van der Waals surface area contributed by atoms with Crippen molar-refractivity contribution in [2.45, 2.75) is 31.1 Å². The molecule has 0 aromatic heterocycles. The quantitative estimate of drug-likeness (QED) is 0.616. The molecule has 0 unspecified atom stereocenters. The molecule has 1 saturated carbocycles. The van der Waals surface area contributed by atoms with Crippen LogP contribution in [-0.4, -0.2) is 45.6 Å². The summed E-state index contributed by atoms with van der Waals surface area (Å²) in [4.78, 5) is 0. The molecule has 1 rings (SSSR count). The highest BCUT2D eigenvalue weighted by molar-refractivity contribution is 7.99. The lowest BCUT2D eigenvalue weighted by atomic mass is 9.86. The van der Waals surface area contributed by atoms with Gasteiger partial charge in [0.05, 0.1) is 19.3 Å². The van der Waals surface area contributed by atoms with E-state index in [1.54, 1.807) is 11.8 Å². The minimum atomic E-state index is -0.646. The average Bonchev–Trinajstić information content (AvgIpc) is 2.44. The molecule has 0 saturated heterocycles. The largest absolute Gasteiger partial charge is 0.396 e. The summed E-state index contributed by atoms with van der Waals surface area (Å²) < 4.78 is 0. The van der Waals surface area contributed by atoms with Gasteiger partial charge in [0.15, 0.2) is 0 Å². The van der Waals surface area contributed by atoms with Crippen LogP contribution < -0.4 is 0 Å². The molecule has 13 heavy (non-hydrogen) atoms. The summed E-state index contributed by atoms with van der Waals surface area (Å²) in [5.74, 6) is 1.02. The molecule has 4 heteroatoms. The summed E-state index contributed by atoms with van der Waals surface area (Å²) in [6.07, 6.45) is 0.866. The molecule has 3 N–H and O–H groups in total. The number of aliphatic hydroxyl groups excluding tert-OH is 3. The van der Waals surface area contributed by atoms with Crippen molar-refractivity contribution in [2.75, 3.05) is 19.0 Å². The Bertz CT molecular complexity index is 159. The fraction of sp³-hybridized carbons (Fsp3) is 1.00. The second-order valence-corrected chi connectivity index (χ2v) is 5.29. The van der Waals surface area contributed by atoms with E-state index in [0.717, 1.165) is 12.2 Å². The number of rotatable bonds is 4. The molecule has 2 atom stereocenters. The minimum absolute atomic E-state index is 0.120. The van der Waals surface area contributed by atoms with Crippen LogP contribution in [0.1, 0.15) is 19.8 Å². The van der Waals surface area contributed by atoms with Crippen molar-refractivity contribution in [3.8, 4) is 0 Å². The third-order valence-electron chi connectivity index (χ3n) is 2.86. The minimum Gasteiger partial charge on any atom is -0.396 e. The standard InChI is InChI=1S/C9H18O3S/c1-2-13-7-3-8(12)9(4-7,5-10)6-11/h7-8,10-12H,2-6H2,1H3/t7-,8-/m1/s1. The van der Waals surface area contributed by atoms with Crippen LogP contribution in [0.15, 0.2) is 0 Å². The van der Waals surface area contributed by atoms with Gasteiger partial charge in [0, 0.05) is 10.7 Å². The number of thioether (sulfide) groups is 1. The summed E-state index contributed by atoms with van der Waals surface area (Å²) in [7, 11) is 0. The van der Waals surface area contributed by atoms with Gasteiger partial charge in [0.25, 0.3) is 0 Å². The molecule has 0 aromatic carbocycles. The summed E-state index contributed by atoms with van der Waals surface area (Å²) in [5.41, 5.74) is -0.646. The van der Waals surface area contributed by atoms with Crippen molar-refractivity contribution in [2.24, 2.45) is 5.41 Å². The Morgan fingerprint density at radius 1 is 1.38 bits per heavy atom. The zero-order valence-corrected chi connectivity index (χ0v) is 8.76. The van der Waals surface area contributed by atoms with Crippen molar-refractivity contribution in [3.63, 3.8) is 0 Å². The van der Waals surface area contributed by atoms with E-state index in [-0.39, 0.29) is 13.2 Å². The van der Waals surface area contributed by atoms with Crippen LogP contribution in [0.5, 0.6) is 0 Å². The van der Waals surface area contributed by atoms with Crippen molar-refractivity contribution >= 4 is 11.8 Å². The second-order valence-electron chi connectivity index (χ2n) is 3.71. The molecule has 0 heterocycles. The zero-order valence-electron chi connectivity index (χ0n) is 7.94. The van der Waals surface area contributed by atoms with Crippen LogP contribution in [0.2, 0.25) is 0 Å². The first kappa shape index (κ1) is 11.3. The van der Waals surface area contributed by atoms with Gasteiger partial charge in [-0.3, -0.25) is 0 Å². The molecular weight excluding hydrogens is 188 g/mol. The number of hydrogen-bond acceptors (Lipinski definition) is 4. The molecule has 1 aliphatic rings. The van der Waals surface area contributed by atoms with E-state index in [1.165, 1.54) is 0 Å². The molecule has 1 aliphatic carbocycles. The van der Waals surface area contributed by atoms with Crippen molar-refractivity contribution < 1.29 is 15.3 Å². The van der Waals surface area contributed by atoms with Crippen LogP contribution in [0, 0.1) is 5.41 Å². The average molecular weight is 206 g/mol. The highest BCUT2D eigenvalue weighted by Gasteiger charge is 2.45. The molecular formula is C9H18O3S. The maximum absolute atomic E-state index is 9.70. The first-order valence-corrected chi connectivity index (χ1v) is 5.74. The molecule has 0 spiro atoms. The van der Waals surface area contributed by atoms with E-state index in [0.29, 0.717) is 11.7 Å². The SMILES string of the molecule is CCS[C@@H]1C[C@@H](O)C(CO)(CO)C1. The first-order valence-electron chi connectivity index (χ1n) is 4.70.